The standard InChI is InChI=1S/C22H27NO6S/c1-25-16-7-6-14(10-17(16)26-2)8-9-23-20(24)13-30-22(23)15-11-18(27-3)21(29-5)19(12-15)28-4/h6-7,10-12,22H,8-9,13H2,1-5H3. The van der Waals surface area contributed by atoms with Crippen LogP contribution >= 0.6 is 11.8 Å². The van der Waals surface area contributed by atoms with Gasteiger partial charge in [0.05, 0.1) is 41.3 Å². The molecule has 1 fully saturated rings. The third-order valence-electron chi connectivity index (χ3n) is 5.03. The second kappa shape index (κ2) is 9.84. The van der Waals surface area contributed by atoms with E-state index in [1.165, 1.54) is 0 Å². The molecule has 162 valence electrons. The van der Waals surface area contributed by atoms with Crippen molar-refractivity contribution < 1.29 is 28.5 Å². The van der Waals surface area contributed by atoms with Crippen molar-refractivity contribution in [2.75, 3.05) is 47.8 Å². The number of nitrogens with zero attached hydrogens (tertiary/aromatic N) is 1. The Bertz CT molecular complexity index is 878. The van der Waals surface area contributed by atoms with Crippen molar-refractivity contribution in [3.8, 4) is 28.7 Å². The van der Waals surface area contributed by atoms with Crippen LogP contribution in [0.4, 0.5) is 0 Å². The zero-order valence-electron chi connectivity index (χ0n) is 17.9. The molecule has 7 nitrogen and oxygen atoms in total. The van der Waals surface area contributed by atoms with Crippen molar-refractivity contribution in [3.05, 3.63) is 41.5 Å². The number of benzene rings is 2. The lowest BCUT2D eigenvalue weighted by Crippen LogP contribution is -2.30. The first kappa shape index (κ1) is 22.0. The minimum Gasteiger partial charge on any atom is -0.493 e. The summed E-state index contributed by atoms with van der Waals surface area (Å²) in [6.07, 6.45) is 0.702. The number of hydrogen-bond donors (Lipinski definition) is 0. The van der Waals surface area contributed by atoms with Crippen LogP contribution in [0.2, 0.25) is 0 Å². The Labute approximate surface area is 181 Å². The summed E-state index contributed by atoms with van der Waals surface area (Å²) < 4.78 is 27.0. The molecule has 0 aliphatic carbocycles. The molecule has 0 aromatic heterocycles. The fourth-order valence-corrected chi connectivity index (χ4v) is 4.70. The smallest absolute Gasteiger partial charge is 0.233 e. The molecule has 1 aliphatic heterocycles. The second-order valence-corrected chi connectivity index (χ2v) is 7.72. The van der Waals surface area contributed by atoms with Crippen molar-refractivity contribution in [2.45, 2.75) is 11.8 Å². The normalized spacial score (nSPS) is 15.8. The van der Waals surface area contributed by atoms with Crippen LogP contribution in [0.25, 0.3) is 0 Å². The minimum absolute atomic E-state index is 0.110. The molecule has 1 aliphatic rings. The van der Waals surface area contributed by atoms with Crippen LogP contribution in [0, 0.1) is 0 Å². The van der Waals surface area contributed by atoms with E-state index in [1.807, 2.05) is 35.2 Å². The highest BCUT2D eigenvalue weighted by Gasteiger charge is 2.33. The average Bonchev–Trinajstić information content (AvgIpc) is 3.16. The predicted molar refractivity (Wildman–Crippen MR) is 116 cm³/mol. The lowest BCUT2D eigenvalue weighted by Gasteiger charge is -2.25. The third kappa shape index (κ3) is 4.38. The molecule has 2 aromatic rings. The maximum absolute atomic E-state index is 12.6. The first-order chi connectivity index (χ1) is 14.6. The van der Waals surface area contributed by atoms with Crippen molar-refractivity contribution in [3.63, 3.8) is 0 Å². The highest BCUT2D eigenvalue weighted by molar-refractivity contribution is 8.00. The molecule has 2 aromatic carbocycles. The van der Waals surface area contributed by atoms with Crippen LogP contribution in [-0.2, 0) is 11.2 Å². The quantitative estimate of drug-likeness (QED) is 0.599. The average molecular weight is 434 g/mol. The second-order valence-electron chi connectivity index (χ2n) is 6.65. The van der Waals surface area contributed by atoms with Crippen LogP contribution in [0.3, 0.4) is 0 Å². The van der Waals surface area contributed by atoms with E-state index in [2.05, 4.69) is 0 Å². The Hall–Kier alpha value is -2.74. The molecule has 1 atom stereocenters. The van der Waals surface area contributed by atoms with Gasteiger partial charge in [-0.3, -0.25) is 4.79 Å². The van der Waals surface area contributed by atoms with Crippen molar-refractivity contribution >= 4 is 17.7 Å². The lowest BCUT2D eigenvalue weighted by molar-refractivity contribution is -0.128. The number of thioether (sulfide) groups is 1. The maximum Gasteiger partial charge on any atom is 0.233 e. The van der Waals surface area contributed by atoms with Gasteiger partial charge in [-0.25, -0.2) is 0 Å². The van der Waals surface area contributed by atoms with Crippen molar-refractivity contribution in [1.82, 2.24) is 4.90 Å². The third-order valence-corrected chi connectivity index (χ3v) is 6.29. The molecule has 1 amide bonds. The molecule has 0 radical (unpaired) electrons. The molecular formula is C22H27NO6S. The first-order valence-electron chi connectivity index (χ1n) is 9.48. The van der Waals surface area contributed by atoms with Crippen molar-refractivity contribution in [2.24, 2.45) is 0 Å². The monoisotopic (exact) mass is 433 g/mol. The van der Waals surface area contributed by atoms with E-state index in [9.17, 15) is 4.79 Å². The van der Waals surface area contributed by atoms with Gasteiger partial charge in [0.25, 0.3) is 0 Å². The number of amides is 1. The Morgan fingerprint density at radius 1 is 0.867 bits per heavy atom. The summed E-state index contributed by atoms with van der Waals surface area (Å²) in [6.45, 7) is 0.586. The highest BCUT2D eigenvalue weighted by atomic mass is 32.2. The summed E-state index contributed by atoms with van der Waals surface area (Å²) in [7, 11) is 7.97. The van der Waals surface area contributed by atoms with Gasteiger partial charge in [0.15, 0.2) is 23.0 Å². The van der Waals surface area contributed by atoms with Gasteiger partial charge in [0, 0.05) is 6.54 Å². The summed E-state index contributed by atoms with van der Waals surface area (Å²) in [5.41, 5.74) is 2.01. The number of ether oxygens (including phenoxy) is 5. The maximum atomic E-state index is 12.6. The fourth-order valence-electron chi connectivity index (χ4n) is 3.50. The Kier molecular flexibility index (Phi) is 7.20. The van der Waals surface area contributed by atoms with Crippen LogP contribution < -0.4 is 23.7 Å². The van der Waals surface area contributed by atoms with Gasteiger partial charge in [-0.05, 0) is 41.8 Å². The molecule has 3 rings (SSSR count). The zero-order chi connectivity index (χ0) is 21.7. The van der Waals surface area contributed by atoms with Crippen LogP contribution in [0.5, 0.6) is 28.7 Å². The molecule has 0 saturated carbocycles. The number of methoxy groups -OCH3 is 5. The summed E-state index contributed by atoms with van der Waals surface area (Å²) >= 11 is 1.59. The molecule has 0 N–H and O–H groups in total. The van der Waals surface area contributed by atoms with E-state index in [-0.39, 0.29) is 11.3 Å². The number of rotatable bonds is 9. The van der Waals surface area contributed by atoms with Crippen LogP contribution in [0.15, 0.2) is 30.3 Å². The molecule has 0 bridgehead atoms. The molecule has 1 heterocycles. The zero-order valence-corrected chi connectivity index (χ0v) is 18.7. The van der Waals surface area contributed by atoms with E-state index in [0.717, 1.165) is 11.1 Å². The summed E-state index contributed by atoms with van der Waals surface area (Å²) in [5, 5.41) is -0.119. The summed E-state index contributed by atoms with van der Waals surface area (Å²) in [6, 6.07) is 9.62. The topological polar surface area (TPSA) is 66.5 Å². The van der Waals surface area contributed by atoms with Crippen molar-refractivity contribution in [1.29, 1.82) is 0 Å². The van der Waals surface area contributed by atoms with E-state index < -0.39 is 0 Å². The highest BCUT2D eigenvalue weighted by Crippen LogP contribution is 2.45. The fraction of sp³-hybridized carbons (Fsp3) is 0.409. The summed E-state index contributed by atoms with van der Waals surface area (Å²) in [4.78, 5) is 14.5. The van der Waals surface area contributed by atoms with E-state index >= 15 is 0 Å². The van der Waals surface area contributed by atoms with Gasteiger partial charge in [-0.2, -0.15) is 0 Å². The first-order valence-corrected chi connectivity index (χ1v) is 10.5. The molecule has 1 unspecified atom stereocenters. The molecule has 30 heavy (non-hydrogen) atoms. The van der Waals surface area contributed by atoms with Gasteiger partial charge in [0.2, 0.25) is 11.7 Å². The van der Waals surface area contributed by atoms with Crippen LogP contribution in [-0.4, -0.2) is 58.7 Å². The number of carbonyl (C=O) groups excluding carboxylic acids is 1. The predicted octanol–water partition coefficient (Wildman–Crippen LogP) is 3.55. The van der Waals surface area contributed by atoms with E-state index in [1.54, 1.807) is 47.3 Å². The Morgan fingerprint density at radius 2 is 1.50 bits per heavy atom. The molecule has 1 saturated heterocycles. The van der Waals surface area contributed by atoms with Gasteiger partial charge < -0.3 is 28.6 Å². The molecule has 0 spiro atoms. The molecular weight excluding hydrogens is 406 g/mol. The Balaban J connectivity index is 1.83. The Morgan fingerprint density at radius 3 is 2.07 bits per heavy atom. The molecule has 8 heteroatoms. The SMILES string of the molecule is COc1ccc(CCN2C(=O)CSC2c2cc(OC)c(OC)c(OC)c2)cc1OC. The van der Waals surface area contributed by atoms with Crippen LogP contribution in [0.1, 0.15) is 16.5 Å². The minimum atomic E-state index is -0.119. The van der Waals surface area contributed by atoms with E-state index in [0.29, 0.717) is 47.5 Å². The lowest BCUT2D eigenvalue weighted by atomic mass is 10.1. The summed E-state index contributed by atoms with van der Waals surface area (Å²) in [5.74, 6) is 3.60. The van der Waals surface area contributed by atoms with Gasteiger partial charge in [-0.1, -0.05) is 6.07 Å². The van der Waals surface area contributed by atoms with Gasteiger partial charge >= 0.3 is 0 Å². The number of carbonyl (C=O) groups is 1. The van der Waals surface area contributed by atoms with Gasteiger partial charge in [0.1, 0.15) is 5.37 Å². The number of hydrogen-bond acceptors (Lipinski definition) is 7. The largest absolute Gasteiger partial charge is 0.493 e. The van der Waals surface area contributed by atoms with E-state index in [4.69, 9.17) is 23.7 Å². The van der Waals surface area contributed by atoms with Gasteiger partial charge in [-0.15, -0.1) is 11.8 Å².